The minimum absolute atomic E-state index is 0.236. The third-order valence-electron chi connectivity index (χ3n) is 3.89. The van der Waals surface area contributed by atoms with Gasteiger partial charge in [-0.15, -0.1) is 0 Å². The van der Waals surface area contributed by atoms with Crippen LogP contribution in [0.5, 0.6) is 11.5 Å². The van der Waals surface area contributed by atoms with Crippen LogP contribution in [-0.4, -0.2) is 32.5 Å². The van der Waals surface area contributed by atoms with Crippen LogP contribution in [0.4, 0.5) is 0 Å². The van der Waals surface area contributed by atoms with Crippen molar-refractivity contribution in [3.8, 4) is 11.5 Å². The summed E-state index contributed by atoms with van der Waals surface area (Å²) >= 11 is 0. The van der Waals surface area contributed by atoms with Gasteiger partial charge in [0.25, 0.3) is 0 Å². The molecule has 0 aromatic heterocycles. The molecule has 1 saturated heterocycles. The van der Waals surface area contributed by atoms with E-state index >= 15 is 0 Å². The van der Waals surface area contributed by atoms with E-state index in [1.807, 2.05) is 6.07 Å². The van der Waals surface area contributed by atoms with E-state index < -0.39 is 0 Å². The van der Waals surface area contributed by atoms with Gasteiger partial charge in [0.2, 0.25) is 0 Å². The smallest absolute Gasteiger partial charge is 0.161 e. The van der Waals surface area contributed by atoms with Crippen LogP contribution >= 0.6 is 0 Å². The van der Waals surface area contributed by atoms with E-state index in [0.29, 0.717) is 0 Å². The summed E-state index contributed by atoms with van der Waals surface area (Å²) in [5.74, 6) is 1.72. The second-order valence-electron chi connectivity index (χ2n) is 5.34. The monoisotopic (exact) mass is 277 g/mol. The van der Waals surface area contributed by atoms with Crippen LogP contribution in [0.25, 0.3) is 0 Å². The minimum atomic E-state index is 0.236. The summed E-state index contributed by atoms with van der Waals surface area (Å²) in [7, 11) is 0. The van der Waals surface area contributed by atoms with Crippen molar-refractivity contribution in [3.05, 3.63) is 23.8 Å². The molecule has 1 aromatic carbocycles. The number of ether oxygens (including phenoxy) is 3. The molecule has 1 fully saturated rings. The van der Waals surface area contributed by atoms with Crippen molar-refractivity contribution in [2.45, 2.75) is 38.3 Å². The van der Waals surface area contributed by atoms with Crippen LogP contribution in [-0.2, 0) is 4.74 Å². The van der Waals surface area contributed by atoms with Crippen molar-refractivity contribution in [2.75, 3.05) is 26.4 Å². The molecular weight excluding hydrogens is 254 g/mol. The van der Waals surface area contributed by atoms with Gasteiger partial charge in [-0.2, -0.15) is 0 Å². The predicted octanol–water partition coefficient (Wildman–Crippen LogP) is 2.68. The number of hydrogen-bond donors (Lipinski definition) is 1. The van der Waals surface area contributed by atoms with E-state index in [9.17, 15) is 0 Å². The van der Waals surface area contributed by atoms with Crippen molar-refractivity contribution in [1.29, 1.82) is 0 Å². The Morgan fingerprint density at radius 1 is 1.15 bits per heavy atom. The second kappa shape index (κ2) is 6.46. The van der Waals surface area contributed by atoms with E-state index in [4.69, 9.17) is 14.2 Å². The molecular formula is C16H23NO3. The fraction of sp³-hybridized carbons (Fsp3) is 0.625. The molecule has 0 aliphatic carbocycles. The Hall–Kier alpha value is -1.26. The normalized spacial score (nSPS) is 23.4. The highest BCUT2D eigenvalue weighted by molar-refractivity contribution is 5.44. The third kappa shape index (κ3) is 2.91. The zero-order valence-corrected chi connectivity index (χ0v) is 12.1. The second-order valence-corrected chi connectivity index (χ2v) is 5.34. The largest absolute Gasteiger partial charge is 0.490 e. The number of likely N-dealkylation sites (N-methyl/N-ethyl adjacent to an activating group) is 1. The highest BCUT2D eigenvalue weighted by Gasteiger charge is 2.27. The number of nitrogens with one attached hydrogen (secondary N) is 1. The fourth-order valence-corrected chi connectivity index (χ4v) is 2.92. The molecule has 110 valence electrons. The van der Waals surface area contributed by atoms with Crippen LogP contribution in [0, 0.1) is 0 Å². The first-order chi connectivity index (χ1) is 9.88. The summed E-state index contributed by atoms with van der Waals surface area (Å²) in [6, 6.07) is 6.49. The van der Waals surface area contributed by atoms with E-state index in [1.54, 1.807) is 0 Å². The number of rotatable bonds is 4. The van der Waals surface area contributed by atoms with Crippen LogP contribution in [0.3, 0.4) is 0 Å². The molecule has 0 amide bonds. The topological polar surface area (TPSA) is 39.7 Å². The lowest BCUT2D eigenvalue weighted by molar-refractivity contribution is 0.0787. The van der Waals surface area contributed by atoms with Crippen molar-refractivity contribution in [1.82, 2.24) is 5.32 Å². The molecule has 0 bridgehead atoms. The molecule has 0 saturated carbocycles. The van der Waals surface area contributed by atoms with Crippen LogP contribution in [0.2, 0.25) is 0 Å². The highest BCUT2D eigenvalue weighted by Crippen LogP contribution is 2.35. The molecule has 4 nitrogen and oxygen atoms in total. The Kier molecular flexibility index (Phi) is 4.43. The van der Waals surface area contributed by atoms with Gasteiger partial charge in [0.05, 0.1) is 25.4 Å². The maximum Gasteiger partial charge on any atom is 0.161 e. The van der Waals surface area contributed by atoms with E-state index in [0.717, 1.165) is 57.1 Å². The maximum atomic E-state index is 5.86. The lowest BCUT2D eigenvalue weighted by atomic mass is 9.98. The molecule has 1 aromatic rings. The van der Waals surface area contributed by atoms with Gasteiger partial charge in [-0.05, 0) is 37.1 Å². The van der Waals surface area contributed by atoms with Gasteiger partial charge >= 0.3 is 0 Å². The van der Waals surface area contributed by atoms with Crippen LogP contribution < -0.4 is 14.8 Å². The van der Waals surface area contributed by atoms with Gasteiger partial charge in [-0.3, -0.25) is 0 Å². The quantitative estimate of drug-likeness (QED) is 0.918. The average molecular weight is 277 g/mol. The zero-order valence-electron chi connectivity index (χ0n) is 12.1. The Bertz CT molecular complexity index is 443. The molecule has 2 atom stereocenters. The van der Waals surface area contributed by atoms with Crippen molar-refractivity contribution in [3.63, 3.8) is 0 Å². The summed E-state index contributed by atoms with van der Waals surface area (Å²) in [5, 5.41) is 3.54. The molecule has 0 spiro atoms. The molecule has 2 heterocycles. The Balaban J connectivity index is 1.84. The standard InChI is InChI=1S/C16H23NO3/c1-2-17-16(14-5-3-8-19-14)12-6-7-13-15(11-12)20-10-4-9-18-13/h6-7,11,14,16-17H,2-5,8-10H2,1H3. The van der Waals surface area contributed by atoms with E-state index in [2.05, 4.69) is 24.4 Å². The minimum Gasteiger partial charge on any atom is -0.490 e. The number of benzene rings is 1. The molecule has 2 aliphatic heterocycles. The zero-order chi connectivity index (χ0) is 13.8. The van der Waals surface area contributed by atoms with E-state index in [1.165, 1.54) is 5.56 Å². The van der Waals surface area contributed by atoms with Crippen molar-refractivity contribution >= 4 is 0 Å². The maximum absolute atomic E-state index is 5.86. The van der Waals surface area contributed by atoms with Gasteiger partial charge in [0, 0.05) is 13.0 Å². The number of fused-ring (bicyclic) bond motifs is 1. The van der Waals surface area contributed by atoms with Crippen molar-refractivity contribution < 1.29 is 14.2 Å². The molecule has 3 rings (SSSR count). The average Bonchev–Trinajstić information content (AvgIpc) is 2.89. The first-order valence-electron chi connectivity index (χ1n) is 7.63. The molecule has 2 unspecified atom stereocenters. The lowest BCUT2D eigenvalue weighted by Gasteiger charge is -2.25. The summed E-state index contributed by atoms with van der Waals surface area (Å²) in [5.41, 5.74) is 1.23. The SMILES string of the molecule is CCNC(c1ccc2c(c1)OCCCO2)C1CCCO1. The van der Waals surface area contributed by atoms with Crippen LogP contribution in [0.15, 0.2) is 18.2 Å². The Morgan fingerprint density at radius 3 is 2.75 bits per heavy atom. The molecule has 1 N–H and O–H groups in total. The van der Waals surface area contributed by atoms with Crippen molar-refractivity contribution in [2.24, 2.45) is 0 Å². The van der Waals surface area contributed by atoms with Gasteiger partial charge in [-0.25, -0.2) is 0 Å². The summed E-state index contributed by atoms with van der Waals surface area (Å²) in [6.45, 7) is 5.39. The lowest BCUT2D eigenvalue weighted by Crippen LogP contribution is -2.31. The Labute approximate surface area is 120 Å². The van der Waals surface area contributed by atoms with Crippen LogP contribution in [0.1, 0.15) is 37.8 Å². The summed E-state index contributed by atoms with van der Waals surface area (Å²) in [4.78, 5) is 0. The Morgan fingerprint density at radius 2 is 2.00 bits per heavy atom. The predicted molar refractivity (Wildman–Crippen MR) is 77.4 cm³/mol. The van der Waals surface area contributed by atoms with Gasteiger partial charge in [0.15, 0.2) is 11.5 Å². The summed E-state index contributed by atoms with van der Waals surface area (Å²) < 4.78 is 17.3. The van der Waals surface area contributed by atoms with Gasteiger partial charge in [0.1, 0.15) is 0 Å². The number of hydrogen-bond acceptors (Lipinski definition) is 4. The molecule has 0 radical (unpaired) electrons. The van der Waals surface area contributed by atoms with E-state index in [-0.39, 0.29) is 12.1 Å². The highest BCUT2D eigenvalue weighted by atomic mass is 16.5. The first kappa shape index (κ1) is 13.7. The summed E-state index contributed by atoms with van der Waals surface area (Å²) in [6.07, 6.45) is 3.47. The molecule has 20 heavy (non-hydrogen) atoms. The third-order valence-corrected chi connectivity index (χ3v) is 3.89. The van der Waals surface area contributed by atoms with Gasteiger partial charge < -0.3 is 19.5 Å². The van der Waals surface area contributed by atoms with Gasteiger partial charge in [-0.1, -0.05) is 13.0 Å². The molecule has 4 heteroatoms. The molecule has 2 aliphatic rings. The first-order valence-corrected chi connectivity index (χ1v) is 7.63. The fourth-order valence-electron chi connectivity index (χ4n) is 2.92.